The van der Waals surface area contributed by atoms with Crippen molar-refractivity contribution in [3.63, 3.8) is 0 Å². The number of nitrogens with zero attached hydrogens (tertiary/aromatic N) is 1. The number of pyridine rings is 1. The first-order valence-corrected chi connectivity index (χ1v) is 6.36. The zero-order valence-corrected chi connectivity index (χ0v) is 11.2. The summed E-state index contributed by atoms with van der Waals surface area (Å²) < 4.78 is 5.22. The van der Waals surface area contributed by atoms with E-state index in [1.807, 2.05) is 12.3 Å². The summed E-state index contributed by atoms with van der Waals surface area (Å²) in [4.78, 5) is 4.45. The van der Waals surface area contributed by atoms with Crippen LogP contribution < -0.4 is 5.32 Å². The molecule has 1 heterocycles. The highest BCUT2D eigenvalue weighted by Gasteiger charge is 2.09. The molecule has 3 heteroatoms. The van der Waals surface area contributed by atoms with Crippen LogP contribution in [-0.4, -0.2) is 24.7 Å². The Hall–Kier alpha value is -1.61. The highest BCUT2D eigenvalue weighted by atomic mass is 16.5. The van der Waals surface area contributed by atoms with Crippen molar-refractivity contribution in [2.24, 2.45) is 0 Å². The average molecular weight is 244 g/mol. The van der Waals surface area contributed by atoms with E-state index in [-0.39, 0.29) is 0 Å². The molecule has 3 nitrogen and oxygen atoms in total. The standard InChI is InChI=1S/C15H20N2O/c1-4-12(10-18-3)17-14-8-7-11(2)15-13(14)6-5-9-16-15/h5-9,12,17H,4,10H2,1-3H3. The SMILES string of the molecule is CCC(COC)Nc1ccc(C)c2ncccc12. The molecule has 18 heavy (non-hydrogen) atoms. The number of hydrogen-bond acceptors (Lipinski definition) is 3. The average Bonchev–Trinajstić information content (AvgIpc) is 2.41. The summed E-state index contributed by atoms with van der Waals surface area (Å²) in [5.41, 5.74) is 3.40. The van der Waals surface area contributed by atoms with Crippen molar-refractivity contribution in [3.05, 3.63) is 36.0 Å². The van der Waals surface area contributed by atoms with Crippen LogP contribution >= 0.6 is 0 Å². The number of benzene rings is 1. The first-order valence-electron chi connectivity index (χ1n) is 6.36. The number of methoxy groups -OCH3 is 1. The molecule has 1 aromatic carbocycles. The van der Waals surface area contributed by atoms with Gasteiger partial charge in [0.1, 0.15) is 0 Å². The molecule has 2 rings (SSSR count). The second-order valence-corrected chi connectivity index (χ2v) is 4.53. The number of rotatable bonds is 5. The van der Waals surface area contributed by atoms with Crippen LogP contribution in [0.2, 0.25) is 0 Å². The van der Waals surface area contributed by atoms with Gasteiger partial charge in [0.25, 0.3) is 0 Å². The molecule has 1 unspecified atom stereocenters. The first kappa shape index (κ1) is 12.8. The summed E-state index contributed by atoms with van der Waals surface area (Å²) >= 11 is 0. The second kappa shape index (κ2) is 5.83. The Morgan fingerprint density at radius 2 is 2.17 bits per heavy atom. The lowest BCUT2D eigenvalue weighted by atomic mass is 10.1. The van der Waals surface area contributed by atoms with Gasteiger partial charge in [-0.3, -0.25) is 4.98 Å². The van der Waals surface area contributed by atoms with Gasteiger partial charge in [0.15, 0.2) is 0 Å². The Morgan fingerprint density at radius 3 is 2.89 bits per heavy atom. The van der Waals surface area contributed by atoms with Crippen molar-refractivity contribution in [1.82, 2.24) is 4.98 Å². The van der Waals surface area contributed by atoms with Crippen molar-refractivity contribution < 1.29 is 4.74 Å². The lowest BCUT2D eigenvalue weighted by molar-refractivity contribution is 0.184. The Kier molecular flexibility index (Phi) is 4.15. The maximum absolute atomic E-state index is 5.22. The van der Waals surface area contributed by atoms with Crippen LogP contribution in [0.25, 0.3) is 10.9 Å². The molecule has 0 saturated heterocycles. The molecule has 1 atom stereocenters. The van der Waals surface area contributed by atoms with Crippen molar-refractivity contribution in [2.45, 2.75) is 26.3 Å². The van der Waals surface area contributed by atoms with Crippen LogP contribution in [0.5, 0.6) is 0 Å². The van der Waals surface area contributed by atoms with Gasteiger partial charge in [-0.05, 0) is 37.1 Å². The highest BCUT2D eigenvalue weighted by molar-refractivity contribution is 5.93. The molecule has 0 aliphatic rings. The topological polar surface area (TPSA) is 34.1 Å². The molecule has 96 valence electrons. The molecule has 2 aromatic rings. The van der Waals surface area contributed by atoms with Gasteiger partial charge < -0.3 is 10.1 Å². The summed E-state index contributed by atoms with van der Waals surface area (Å²) in [7, 11) is 1.74. The van der Waals surface area contributed by atoms with Crippen LogP contribution in [-0.2, 0) is 4.74 Å². The van der Waals surface area contributed by atoms with E-state index in [1.165, 1.54) is 10.9 Å². The fourth-order valence-corrected chi connectivity index (χ4v) is 2.12. The molecule has 1 N–H and O–H groups in total. The van der Waals surface area contributed by atoms with Crippen LogP contribution in [0, 0.1) is 6.92 Å². The van der Waals surface area contributed by atoms with E-state index in [1.54, 1.807) is 7.11 Å². The third-order valence-electron chi connectivity index (χ3n) is 3.19. The van der Waals surface area contributed by atoms with E-state index in [2.05, 4.69) is 42.3 Å². The largest absolute Gasteiger partial charge is 0.383 e. The van der Waals surface area contributed by atoms with Crippen LogP contribution in [0.1, 0.15) is 18.9 Å². The van der Waals surface area contributed by atoms with Crippen molar-refractivity contribution in [1.29, 1.82) is 0 Å². The van der Waals surface area contributed by atoms with E-state index in [0.29, 0.717) is 12.6 Å². The Balaban J connectivity index is 2.36. The summed E-state index contributed by atoms with van der Waals surface area (Å²) in [5.74, 6) is 0. The monoisotopic (exact) mass is 244 g/mol. The van der Waals surface area contributed by atoms with Gasteiger partial charge in [-0.2, -0.15) is 0 Å². The van der Waals surface area contributed by atoms with Gasteiger partial charge in [-0.15, -0.1) is 0 Å². The van der Waals surface area contributed by atoms with E-state index in [0.717, 1.165) is 17.6 Å². The fraction of sp³-hybridized carbons (Fsp3) is 0.400. The highest BCUT2D eigenvalue weighted by Crippen LogP contribution is 2.25. The predicted octanol–water partition coefficient (Wildman–Crippen LogP) is 3.38. The summed E-state index contributed by atoms with van der Waals surface area (Å²) in [5, 5.41) is 4.71. The zero-order chi connectivity index (χ0) is 13.0. The van der Waals surface area contributed by atoms with Crippen molar-refractivity contribution in [3.8, 4) is 0 Å². The van der Waals surface area contributed by atoms with E-state index < -0.39 is 0 Å². The molecule has 1 aromatic heterocycles. The zero-order valence-electron chi connectivity index (χ0n) is 11.2. The molecule has 0 aliphatic carbocycles. The number of aromatic nitrogens is 1. The minimum absolute atomic E-state index is 0.334. The van der Waals surface area contributed by atoms with E-state index in [9.17, 15) is 0 Å². The number of hydrogen-bond donors (Lipinski definition) is 1. The van der Waals surface area contributed by atoms with Crippen molar-refractivity contribution >= 4 is 16.6 Å². The number of anilines is 1. The summed E-state index contributed by atoms with van der Waals surface area (Å²) in [6.45, 7) is 4.96. The van der Waals surface area contributed by atoms with Crippen LogP contribution in [0.15, 0.2) is 30.5 Å². The molecule has 0 spiro atoms. The van der Waals surface area contributed by atoms with Crippen LogP contribution in [0.3, 0.4) is 0 Å². The Labute approximate surface area is 108 Å². The van der Waals surface area contributed by atoms with Gasteiger partial charge in [0, 0.05) is 30.4 Å². The maximum Gasteiger partial charge on any atom is 0.0751 e. The lowest BCUT2D eigenvalue weighted by Gasteiger charge is -2.19. The minimum Gasteiger partial charge on any atom is -0.383 e. The quantitative estimate of drug-likeness (QED) is 0.875. The molecule has 0 radical (unpaired) electrons. The predicted molar refractivity (Wildman–Crippen MR) is 76.1 cm³/mol. The summed E-state index contributed by atoms with van der Waals surface area (Å²) in [6, 6.07) is 8.65. The molecular weight excluding hydrogens is 224 g/mol. The molecule has 0 bridgehead atoms. The Morgan fingerprint density at radius 1 is 1.33 bits per heavy atom. The third kappa shape index (κ3) is 2.62. The molecule has 0 aliphatic heterocycles. The number of nitrogens with one attached hydrogen (secondary N) is 1. The van der Waals surface area contributed by atoms with Crippen LogP contribution in [0.4, 0.5) is 5.69 Å². The smallest absolute Gasteiger partial charge is 0.0751 e. The van der Waals surface area contributed by atoms with Gasteiger partial charge in [0.05, 0.1) is 12.1 Å². The van der Waals surface area contributed by atoms with Gasteiger partial charge in [-0.25, -0.2) is 0 Å². The lowest BCUT2D eigenvalue weighted by Crippen LogP contribution is -2.24. The minimum atomic E-state index is 0.334. The van der Waals surface area contributed by atoms with Gasteiger partial charge in [0.2, 0.25) is 0 Å². The van der Waals surface area contributed by atoms with E-state index in [4.69, 9.17) is 4.74 Å². The number of aryl methyl sites for hydroxylation is 1. The molecule has 0 fully saturated rings. The third-order valence-corrected chi connectivity index (χ3v) is 3.19. The molecule has 0 amide bonds. The number of ether oxygens (including phenoxy) is 1. The number of fused-ring (bicyclic) bond motifs is 1. The Bertz CT molecular complexity index is 525. The van der Waals surface area contributed by atoms with Gasteiger partial charge >= 0.3 is 0 Å². The molecular formula is C15H20N2O. The van der Waals surface area contributed by atoms with Gasteiger partial charge in [-0.1, -0.05) is 13.0 Å². The fourth-order valence-electron chi connectivity index (χ4n) is 2.12. The first-order chi connectivity index (χ1) is 8.76. The maximum atomic E-state index is 5.22. The van der Waals surface area contributed by atoms with Crippen molar-refractivity contribution in [2.75, 3.05) is 19.0 Å². The van der Waals surface area contributed by atoms with E-state index >= 15 is 0 Å². The summed E-state index contributed by atoms with van der Waals surface area (Å²) in [6.07, 6.45) is 2.87. The second-order valence-electron chi connectivity index (χ2n) is 4.53. The normalized spacial score (nSPS) is 12.6. The molecule has 0 saturated carbocycles.